The molecular weight excluding hydrogens is 354 g/mol. The van der Waals surface area contributed by atoms with Crippen LogP contribution < -0.4 is 10.2 Å². The smallest absolute Gasteiger partial charge is 0.337 e. The summed E-state index contributed by atoms with van der Waals surface area (Å²) in [6.07, 6.45) is 1.65. The fraction of sp³-hybridized carbons (Fsp3) is 0.238. The summed E-state index contributed by atoms with van der Waals surface area (Å²) in [5, 5.41) is 11.3. The van der Waals surface area contributed by atoms with Gasteiger partial charge >= 0.3 is 5.97 Å². The Balaban J connectivity index is 1.82. The standard InChI is InChI=1S/C21H23N5O2/c1-15(2)26(14-16-8-5-4-6-9-16)19-13-22-25-21(24-19)23-18-11-7-10-17(12-18)20(27)28-3/h4-13,15H,14H2,1-3H3,(H,23,24,25). The molecule has 0 aliphatic carbocycles. The molecule has 0 atom stereocenters. The van der Waals surface area contributed by atoms with Crippen molar-refractivity contribution < 1.29 is 9.53 Å². The van der Waals surface area contributed by atoms with Crippen LogP contribution >= 0.6 is 0 Å². The number of esters is 1. The number of carbonyl (C=O) groups is 1. The lowest BCUT2D eigenvalue weighted by Crippen LogP contribution is -2.31. The van der Waals surface area contributed by atoms with E-state index in [0.717, 1.165) is 5.82 Å². The van der Waals surface area contributed by atoms with Crippen LogP contribution in [-0.2, 0) is 11.3 Å². The molecule has 7 heteroatoms. The molecule has 7 nitrogen and oxygen atoms in total. The van der Waals surface area contributed by atoms with Crippen molar-refractivity contribution in [3.63, 3.8) is 0 Å². The highest BCUT2D eigenvalue weighted by Gasteiger charge is 2.15. The van der Waals surface area contributed by atoms with Crippen LogP contribution in [0.1, 0.15) is 29.8 Å². The Labute approximate surface area is 164 Å². The molecule has 0 amide bonds. The first-order chi connectivity index (χ1) is 13.6. The molecule has 3 rings (SSSR count). The van der Waals surface area contributed by atoms with Gasteiger partial charge in [0.2, 0.25) is 5.95 Å². The van der Waals surface area contributed by atoms with Crippen LogP contribution in [0.3, 0.4) is 0 Å². The van der Waals surface area contributed by atoms with Crippen molar-refractivity contribution in [3.8, 4) is 0 Å². The van der Waals surface area contributed by atoms with Gasteiger partial charge in [0.25, 0.3) is 0 Å². The van der Waals surface area contributed by atoms with Gasteiger partial charge in [-0.2, -0.15) is 10.1 Å². The summed E-state index contributed by atoms with van der Waals surface area (Å²) in [4.78, 5) is 18.5. The van der Waals surface area contributed by atoms with Gasteiger partial charge in [-0.15, -0.1) is 5.10 Å². The number of rotatable bonds is 7. The van der Waals surface area contributed by atoms with Crippen LogP contribution in [-0.4, -0.2) is 34.3 Å². The first-order valence-corrected chi connectivity index (χ1v) is 9.02. The maximum atomic E-state index is 11.7. The molecule has 0 saturated heterocycles. The Morgan fingerprint density at radius 2 is 1.93 bits per heavy atom. The van der Waals surface area contributed by atoms with E-state index in [1.807, 2.05) is 24.3 Å². The second-order valence-corrected chi connectivity index (χ2v) is 6.54. The molecular formula is C21H23N5O2. The van der Waals surface area contributed by atoms with E-state index in [4.69, 9.17) is 4.74 Å². The van der Waals surface area contributed by atoms with Crippen LogP contribution in [0.25, 0.3) is 0 Å². The first-order valence-electron chi connectivity index (χ1n) is 9.02. The van der Waals surface area contributed by atoms with E-state index in [0.29, 0.717) is 23.7 Å². The van der Waals surface area contributed by atoms with Crippen LogP contribution in [0, 0.1) is 0 Å². The predicted molar refractivity (Wildman–Crippen MR) is 109 cm³/mol. The number of hydrogen-bond acceptors (Lipinski definition) is 7. The molecule has 0 aliphatic rings. The third kappa shape index (κ3) is 4.82. The van der Waals surface area contributed by atoms with Gasteiger partial charge in [-0.05, 0) is 37.6 Å². The van der Waals surface area contributed by atoms with Crippen molar-refractivity contribution in [2.75, 3.05) is 17.3 Å². The second kappa shape index (κ2) is 8.94. The second-order valence-electron chi connectivity index (χ2n) is 6.54. The van der Waals surface area contributed by atoms with E-state index in [2.05, 4.69) is 51.4 Å². The molecule has 1 N–H and O–H groups in total. The van der Waals surface area contributed by atoms with Gasteiger partial charge in [0.15, 0.2) is 5.82 Å². The van der Waals surface area contributed by atoms with Crippen LogP contribution in [0.4, 0.5) is 17.5 Å². The molecule has 0 fully saturated rings. The van der Waals surface area contributed by atoms with Gasteiger partial charge in [0, 0.05) is 18.3 Å². The third-order valence-corrected chi connectivity index (χ3v) is 4.20. The largest absolute Gasteiger partial charge is 0.465 e. The minimum Gasteiger partial charge on any atom is -0.465 e. The first kappa shape index (κ1) is 19.3. The Bertz CT molecular complexity index is 931. The molecule has 0 bridgehead atoms. The average molecular weight is 377 g/mol. The lowest BCUT2D eigenvalue weighted by atomic mass is 10.2. The average Bonchev–Trinajstić information content (AvgIpc) is 2.72. The van der Waals surface area contributed by atoms with Crippen molar-refractivity contribution in [3.05, 3.63) is 71.9 Å². The molecule has 28 heavy (non-hydrogen) atoms. The SMILES string of the molecule is COC(=O)c1cccc(Nc2nncc(N(Cc3ccccc3)C(C)C)n2)c1. The number of ether oxygens (including phenoxy) is 1. The van der Waals surface area contributed by atoms with E-state index in [1.165, 1.54) is 12.7 Å². The van der Waals surface area contributed by atoms with E-state index < -0.39 is 5.97 Å². The molecule has 0 spiro atoms. The maximum Gasteiger partial charge on any atom is 0.337 e. The minimum atomic E-state index is -0.398. The third-order valence-electron chi connectivity index (χ3n) is 4.20. The van der Waals surface area contributed by atoms with Gasteiger partial charge in [-0.3, -0.25) is 0 Å². The number of benzene rings is 2. The number of carbonyl (C=O) groups excluding carboxylic acids is 1. The van der Waals surface area contributed by atoms with Gasteiger partial charge in [-0.1, -0.05) is 36.4 Å². The number of nitrogens with zero attached hydrogens (tertiary/aromatic N) is 4. The fourth-order valence-electron chi connectivity index (χ4n) is 2.77. The molecule has 3 aromatic rings. The van der Waals surface area contributed by atoms with E-state index in [-0.39, 0.29) is 6.04 Å². The molecule has 1 heterocycles. The number of aromatic nitrogens is 3. The Kier molecular flexibility index (Phi) is 6.16. The highest BCUT2D eigenvalue weighted by molar-refractivity contribution is 5.90. The molecule has 0 saturated carbocycles. The molecule has 0 radical (unpaired) electrons. The zero-order chi connectivity index (χ0) is 19.9. The van der Waals surface area contributed by atoms with Crippen molar-refractivity contribution in [2.45, 2.75) is 26.4 Å². The van der Waals surface area contributed by atoms with E-state index in [1.54, 1.807) is 24.4 Å². The van der Waals surface area contributed by atoms with Gasteiger partial charge in [0.1, 0.15) is 0 Å². The topological polar surface area (TPSA) is 80.2 Å². The summed E-state index contributed by atoms with van der Waals surface area (Å²) in [5.74, 6) is 0.684. The normalized spacial score (nSPS) is 10.6. The van der Waals surface area contributed by atoms with Gasteiger partial charge in [0.05, 0.1) is 18.9 Å². The lowest BCUT2D eigenvalue weighted by molar-refractivity contribution is 0.0601. The zero-order valence-electron chi connectivity index (χ0n) is 16.2. The summed E-state index contributed by atoms with van der Waals surface area (Å²) in [6.45, 7) is 4.93. The highest BCUT2D eigenvalue weighted by atomic mass is 16.5. The summed E-state index contributed by atoms with van der Waals surface area (Å²) in [7, 11) is 1.35. The zero-order valence-corrected chi connectivity index (χ0v) is 16.2. The molecule has 0 aliphatic heterocycles. The minimum absolute atomic E-state index is 0.229. The summed E-state index contributed by atoms with van der Waals surface area (Å²) in [5.41, 5.74) is 2.32. The maximum absolute atomic E-state index is 11.7. The Hall–Kier alpha value is -3.48. The van der Waals surface area contributed by atoms with Crippen LogP contribution in [0.15, 0.2) is 60.8 Å². The quantitative estimate of drug-likeness (QED) is 0.627. The summed E-state index contributed by atoms with van der Waals surface area (Å²) < 4.78 is 4.76. The summed E-state index contributed by atoms with van der Waals surface area (Å²) >= 11 is 0. The van der Waals surface area contributed by atoms with Crippen LogP contribution in [0.2, 0.25) is 0 Å². The predicted octanol–water partition coefficient (Wildman–Crippen LogP) is 3.82. The monoisotopic (exact) mass is 377 g/mol. The Morgan fingerprint density at radius 3 is 2.64 bits per heavy atom. The fourth-order valence-corrected chi connectivity index (χ4v) is 2.77. The van der Waals surface area contributed by atoms with Gasteiger partial charge < -0.3 is 15.0 Å². The number of anilines is 3. The molecule has 2 aromatic carbocycles. The van der Waals surface area contributed by atoms with Crippen LogP contribution in [0.5, 0.6) is 0 Å². The van der Waals surface area contributed by atoms with Crippen molar-refractivity contribution in [1.82, 2.24) is 15.2 Å². The molecule has 144 valence electrons. The summed E-state index contributed by atoms with van der Waals surface area (Å²) in [6, 6.07) is 17.4. The lowest BCUT2D eigenvalue weighted by Gasteiger charge is -2.27. The molecule has 1 aromatic heterocycles. The van der Waals surface area contributed by atoms with E-state index >= 15 is 0 Å². The van der Waals surface area contributed by atoms with Crippen molar-refractivity contribution in [2.24, 2.45) is 0 Å². The van der Waals surface area contributed by atoms with Crippen molar-refractivity contribution in [1.29, 1.82) is 0 Å². The number of hydrogen-bond donors (Lipinski definition) is 1. The van der Waals surface area contributed by atoms with Gasteiger partial charge in [-0.25, -0.2) is 4.79 Å². The highest BCUT2D eigenvalue weighted by Crippen LogP contribution is 2.20. The van der Waals surface area contributed by atoms with E-state index in [9.17, 15) is 4.79 Å². The molecule has 0 unspecified atom stereocenters. The van der Waals surface area contributed by atoms with Crippen molar-refractivity contribution >= 4 is 23.4 Å². The number of nitrogens with one attached hydrogen (secondary N) is 1. The Morgan fingerprint density at radius 1 is 1.14 bits per heavy atom. The number of methoxy groups -OCH3 is 1.